The number of hydrogen-bond acceptors (Lipinski definition) is 5. The molecule has 20 heavy (non-hydrogen) atoms. The van der Waals surface area contributed by atoms with Gasteiger partial charge in [-0.2, -0.15) is 5.01 Å². The van der Waals surface area contributed by atoms with E-state index in [0.717, 1.165) is 5.56 Å². The third-order valence-electron chi connectivity index (χ3n) is 2.68. The maximum Gasteiger partial charge on any atom is 0.431 e. The van der Waals surface area contributed by atoms with Gasteiger partial charge in [-0.3, -0.25) is 4.79 Å². The van der Waals surface area contributed by atoms with E-state index in [9.17, 15) is 9.59 Å². The molecule has 0 aliphatic heterocycles. The normalized spacial score (nSPS) is 12.1. The van der Waals surface area contributed by atoms with Crippen molar-refractivity contribution in [2.75, 3.05) is 0 Å². The minimum Gasteiger partial charge on any atom is -0.443 e. The highest BCUT2D eigenvalue weighted by Crippen LogP contribution is 2.06. The summed E-state index contributed by atoms with van der Waals surface area (Å²) in [6, 6.07) is 8.32. The lowest BCUT2D eigenvalue weighted by molar-refractivity contribution is -0.131. The van der Waals surface area contributed by atoms with E-state index < -0.39 is 18.0 Å². The number of ether oxygens (including phenoxy) is 1. The summed E-state index contributed by atoms with van der Waals surface area (Å²) in [7, 11) is 0. The van der Waals surface area contributed by atoms with E-state index in [2.05, 4.69) is 0 Å². The quantitative estimate of drug-likeness (QED) is 0.482. The SMILES string of the molecule is CC(C)CC(N)C(=O)N(N)C(=O)OCc1ccccc1. The number of hydrazine groups is 1. The molecule has 1 rings (SSSR count). The maximum absolute atomic E-state index is 11.8. The summed E-state index contributed by atoms with van der Waals surface area (Å²) in [4.78, 5) is 23.5. The predicted octanol–water partition coefficient (Wildman–Crippen LogP) is 1.40. The van der Waals surface area contributed by atoms with E-state index in [1.54, 1.807) is 12.1 Å². The zero-order valence-corrected chi connectivity index (χ0v) is 11.8. The van der Waals surface area contributed by atoms with Gasteiger partial charge in [0.05, 0.1) is 6.04 Å². The lowest BCUT2D eigenvalue weighted by Crippen LogP contribution is -2.51. The Kier molecular flexibility index (Phi) is 6.14. The van der Waals surface area contributed by atoms with E-state index in [4.69, 9.17) is 16.3 Å². The van der Waals surface area contributed by atoms with Gasteiger partial charge in [0.25, 0.3) is 5.91 Å². The van der Waals surface area contributed by atoms with Crippen molar-refractivity contribution in [1.82, 2.24) is 5.01 Å². The van der Waals surface area contributed by atoms with E-state index in [-0.39, 0.29) is 12.5 Å². The van der Waals surface area contributed by atoms with Crippen LogP contribution < -0.4 is 11.6 Å². The van der Waals surface area contributed by atoms with E-state index in [1.807, 2.05) is 32.0 Å². The fourth-order valence-corrected chi connectivity index (χ4v) is 1.67. The Hall–Kier alpha value is -1.92. The summed E-state index contributed by atoms with van der Waals surface area (Å²) in [5.74, 6) is 5.03. The number of carbonyl (C=O) groups is 2. The first-order valence-corrected chi connectivity index (χ1v) is 6.46. The molecule has 0 radical (unpaired) electrons. The molecule has 0 aliphatic carbocycles. The molecule has 1 unspecified atom stereocenters. The molecule has 6 heteroatoms. The molecule has 4 N–H and O–H groups in total. The second kappa shape index (κ2) is 7.62. The number of hydrogen-bond donors (Lipinski definition) is 2. The first-order chi connectivity index (χ1) is 9.41. The highest BCUT2D eigenvalue weighted by Gasteiger charge is 2.25. The molecule has 0 saturated heterocycles. The third-order valence-corrected chi connectivity index (χ3v) is 2.68. The fraction of sp³-hybridized carbons (Fsp3) is 0.429. The summed E-state index contributed by atoms with van der Waals surface area (Å²) in [5, 5.41) is 0.440. The van der Waals surface area contributed by atoms with E-state index in [0.29, 0.717) is 11.4 Å². The number of rotatable bonds is 5. The van der Waals surface area contributed by atoms with Crippen LogP contribution in [0.25, 0.3) is 0 Å². The van der Waals surface area contributed by atoms with Gasteiger partial charge in [-0.05, 0) is 17.9 Å². The molecule has 1 aromatic rings. The molecule has 2 amide bonds. The number of amides is 2. The Bertz CT molecular complexity index is 448. The standard InChI is InChI=1S/C14H21N3O3/c1-10(2)8-12(15)13(18)17(16)14(19)20-9-11-6-4-3-5-7-11/h3-7,10,12H,8-9,15-16H2,1-2H3. The summed E-state index contributed by atoms with van der Waals surface area (Å²) in [6.07, 6.45) is -0.448. The number of benzene rings is 1. The largest absolute Gasteiger partial charge is 0.443 e. The van der Waals surface area contributed by atoms with Crippen LogP contribution in [0.2, 0.25) is 0 Å². The van der Waals surface area contributed by atoms with E-state index >= 15 is 0 Å². The Labute approximate surface area is 118 Å². The number of imide groups is 1. The smallest absolute Gasteiger partial charge is 0.431 e. The Morgan fingerprint density at radius 3 is 2.40 bits per heavy atom. The minimum atomic E-state index is -0.905. The van der Waals surface area contributed by atoms with Crippen molar-refractivity contribution in [3.05, 3.63) is 35.9 Å². The van der Waals surface area contributed by atoms with Gasteiger partial charge in [-0.1, -0.05) is 44.2 Å². The second-order valence-electron chi connectivity index (χ2n) is 4.98. The highest BCUT2D eigenvalue weighted by molar-refractivity contribution is 5.94. The molecule has 110 valence electrons. The van der Waals surface area contributed by atoms with Gasteiger partial charge in [-0.25, -0.2) is 10.6 Å². The van der Waals surface area contributed by atoms with Crippen molar-refractivity contribution in [2.24, 2.45) is 17.5 Å². The van der Waals surface area contributed by atoms with Crippen LogP contribution in [0.1, 0.15) is 25.8 Å². The molecule has 6 nitrogen and oxygen atoms in total. The van der Waals surface area contributed by atoms with Gasteiger partial charge in [0.15, 0.2) is 0 Å². The average molecular weight is 279 g/mol. The second-order valence-corrected chi connectivity index (χ2v) is 4.98. The van der Waals surface area contributed by atoms with Gasteiger partial charge in [0, 0.05) is 0 Å². The zero-order valence-electron chi connectivity index (χ0n) is 11.8. The maximum atomic E-state index is 11.8. The molecule has 0 spiro atoms. The molecule has 0 aromatic heterocycles. The molecular formula is C14H21N3O3. The van der Waals surface area contributed by atoms with Gasteiger partial charge in [0.2, 0.25) is 0 Å². The van der Waals surface area contributed by atoms with Crippen LogP contribution in [-0.2, 0) is 16.1 Å². The number of nitrogens with two attached hydrogens (primary N) is 2. The van der Waals surface area contributed by atoms with Crippen molar-refractivity contribution in [2.45, 2.75) is 32.9 Å². The predicted molar refractivity (Wildman–Crippen MR) is 75.1 cm³/mol. The first-order valence-electron chi connectivity index (χ1n) is 6.46. The van der Waals surface area contributed by atoms with Gasteiger partial charge in [0.1, 0.15) is 6.61 Å². The van der Waals surface area contributed by atoms with Crippen molar-refractivity contribution >= 4 is 12.0 Å². The number of carbonyl (C=O) groups excluding carboxylic acids is 2. The van der Waals surface area contributed by atoms with Crippen LogP contribution in [0.3, 0.4) is 0 Å². The molecule has 0 heterocycles. The Balaban J connectivity index is 2.48. The van der Waals surface area contributed by atoms with Crippen LogP contribution >= 0.6 is 0 Å². The van der Waals surface area contributed by atoms with Gasteiger partial charge >= 0.3 is 6.09 Å². The summed E-state index contributed by atoms with van der Waals surface area (Å²) in [5.41, 5.74) is 6.50. The van der Waals surface area contributed by atoms with Crippen molar-refractivity contribution in [3.63, 3.8) is 0 Å². The Morgan fingerprint density at radius 2 is 1.85 bits per heavy atom. The van der Waals surface area contributed by atoms with Crippen LogP contribution in [0.4, 0.5) is 4.79 Å². The van der Waals surface area contributed by atoms with Gasteiger partial charge < -0.3 is 10.5 Å². The van der Waals surface area contributed by atoms with Crippen LogP contribution in [-0.4, -0.2) is 23.1 Å². The van der Waals surface area contributed by atoms with Gasteiger partial charge in [-0.15, -0.1) is 0 Å². The molecular weight excluding hydrogens is 258 g/mol. The molecule has 1 atom stereocenters. The molecule has 0 aliphatic rings. The van der Waals surface area contributed by atoms with Crippen molar-refractivity contribution < 1.29 is 14.3 Å². The summed E-state index contributed by atoms with van der Waals surface area (Å²) in [6.45, 7) is 3.92. The lowest BCUT2D eigenvalue weighted by Gasteiger charge is -2.19. The van der Waals surface area contributed by atoms with Crippen LogP contribution in [0, 0.1) is 5.92 Å². The minimum absolute atomic E-state index is 0.0556. The summed E-state index contributed by atoms with van der Waals surface area (Å²) < 4.78 is 4.95. The van der Waals surface area contributed by atoms with Crippen LogP contribution in [0.5, 0.6) is 0 Å². The van der Waals surface area contributed by atoms with Crippen molar-refractivity contribution in [3.8, 4) is 0 Å². The Morgan fingerprint density at radius 1 is 1.25 bits per heavy atom. The van der Waals surface area contributed by atoms with E-state index in [1.165, 1.54) is 0 Å². The highest BCUT2D eigenvalue weighted by atomic mass is 16.6. The molecule has 0 saturated carbocycles. The van der Waals surface area contributed by atoms with Crippen molar-refractivity contribution in [1.29, 1.82) is 0 Å². The molecule has 0 bridgehead atoms. The lowest BCUT2D eigenvalue weighted by atomic mass is 10.0. The summed E-state index contributed by atoms with van der Waals surface area (Å²) >= 11 is 0. The van der Waals surface area contributed by atoms with Crippen LogP contribution in [0.15, 0.2) is 30.3 Å². The average Bonchev–Trinajstić information content (AvgIpc) is 2.43. The topological polar surface area (TPSA) is 98.7 Å². The molecule has 1 aromatic carbocycles. The number of nitrogens with zero attached hydrogens (tertiary/aromatic N) is 1. The zero-order chi connectivity index (χ0) is 15.1. The first kappa shape index (κ1) is 16.1. The monoisotopic (exact) mass is 279 g/mol. The fourth-order valence-electron chi connectivity index (χ4n) is 1.67. The third kappa shape index (κ3) is 4.99. The molecule has 0 fully saturated rings.